The second-order valence-corrected chi connectivity index (χ2v) is 11.0. The van der Waals surface area contributed by atoms with E-state index in [1.165, 1.54) is 19.1 Å². The third kappa shape index (κ3) is 6.30. The molecule has 2 fully saturated rings. The van der Waals surface area contributed by atoms with E-state index in [9.17, 15) is 40.6 Å². The van der Waals surface area contributed by atoms with Crippen molar-refractivity contribution < 1.29 is 45.4 Å². The van der Waals surface area contributed by atoms with Crippen molar-refractivity contribution in [3.05, 3.63) is 70.5 Å². The normalized spacial score (nSPS) is 24.0. The van der Waals surface area contributed by atoms with E-state index in [1.807, 2.05) is 4.90 Å². The maximum absolute atomic E-state index is 13.7. The van der Waals surface area contributed by atoms with E-state index >= 15 is 0 Å². The third-order valence-electron chi connectivity index (χ3n) is 8.51. The summed E-state index contributed by atoms with van der Waals surface area (Å²) in [5.74, 6) is -1.85. The van der Waals surface area contributed by atoms with Crippen molar-refractivity contribution in [2.45, 2.75) is 81.5 Å². The lowest BCUT2D eigenvalue weighted by molar-refractivity contribution is -0.151. The van der Waals surface area contributed by atoms with Gasteiger partial charge in [-0.3, -0.25) is 9.69 Å². The van der Waals surface area contributed by atoms with Crippen molar-refractivity contribution >= 4 is 5.97 Å². The second-order valence-electron chi connectivity index (χ2n) is 11.0. The number of halogens is 7. The summed E-state index contributed by atoms with van der Waals surface area (Å²) in [6.45, 7) is 1.80. The molecule has 4 nitrogen and oxygen atoms in total. The first-order valence-electron chi connectivity index (χ1n) is 13.3. The van der Waals surface area contributed by atoms with Gasteiger partial charge >= 0.3 is 18.3 Å². The van der Waals surface area contributed by atoms with Crippen LogP contribution in [0.15, 0.2) is 42.5 Å². The Morgan fingerprint density at radius 2 is 1.55 bits per heavy atom. The summed E-state index contributed by atoms with van der Waals surface area (Å²) in [5, 5.41) is 10.0. The second kappa shape index (κ2) is 11.3. The number of rotatable bonds is 8. The summed E-state index contributed by atoms with van der Waals surface area (Å²) >= 11 is 0. The topological polar surface area (TPSA) is 49.8 Å². The Labute approximate surface area is 228 Å². The third-order valence-corrected chi connectivity index (χ3v) is 8.51. The Morgan fingerprint density at radius 3 is 2.05 bits per heavy atom. The van der Waals surface area contributed by atoms with Crippen LogP contribution in [-0.2, 0) is 21.9 Å². The Hall–Kier alpha value is -2.66. The Kier molecular flexibility index (Phi) is 8.57. The molecule has 40 heavy (non-hydrogen) atoms. The Bertz CT molecular complexity index is 1160. The molecule has 0 radical (unpaired) electrons. The van der Waals surface area contributed by atoms with E-state index in [-0.39, 0.29) is 23.5 Å². The molecule has 0 bridgehead atoms. The van der Waals surface area contributed by atoms with Crippen LogP contribution >= 0.6 is 0 Å². The average molecular weight is 576 g/mol. The number of likely N-dealkylation sites (N-methyl/N-ethyl adjacent to an activating group) is 1. The zero-order valence-electron chi connectivity index (χ0n) is 22.2. The van der Waals surface area contributed by atoms with Gasteiger partial charge in [0.2, 0.25) is 0 Å². The van der Waals surface area contributed by atoms with E-state index in [4.69, 9.17) is 4.74 Å². The minimum Gasteiger partial charge on any atom is -0.480 e. The largest absolute Gasteiger partial charge is 0.480 e. The fourth-order valence-electron chi connectivity index (χ4n) is 6.37. The molecule has 0 unspecified atom stereocenters. The Morgan fingerprint density at radius 1 is 1.00 bits per heavy atom. The van der Waals surface area contributed by atoms with E-state index in [2.05, 4.69) is 0 Å². The molecule has 0 aromatic heterocycles. The van der Waals surface area contributed by atoms with Crippen molar-refractivity contribution in [2.75, 3.05) is 13.6 Å². The number of hydrogen-bond acceptors (Lipinski definition) is 3. The fourth-order valence-corrected chi connectivity index (χ4v) is 6.37. The summed E-state index contributed by atoms with van der Waals surface area (Å²) in [7, 11) is 1.76. The summed E-state index contributed by atoms with van der Waals surface area (Å²) in [6, 6.07) is 7.18. The lowest BCUT2D eigenvalue weighted by Gasteiger charge is -2.38. The molecule has 2 aliphatic rings. The van der Waals surface area contributed by atoms with Crippen LogP contribution in [0.1, 0.15) is 79.7 Å². The van der Waals surface area contributed by atoms with Gasteiger partial charge in [0, 0.05) is 12.5 Å². The van der Waals surface area contributed by atoms with Crippen LogP contribution in [0.5, 0.6) is 0 Å². The standard InChI is InChI=1S/C29H32F7NO3/c1-17(20-13-21(28(31,32)33)15-22(14-20)29(34,35)36)40-24-10-7-19(25(24)18-5-8-23(30)9-6-18)16-37(2)27(26(38)39)11-3-4-12-27/h5-6,8-9,13-15,17,19,24-25H,3-4,7,10-12,16H2,1-2H3,(H,38,39)/t17-,19+,24+,25+/m1/s1. The first-order chi connectivity index (χ1) is 18.6. The van der Waals surface area contributed by atoms with Gasteiger partial charge < -0.3 is 9.84 Å². The monoisotopic (exact) mass is 575 g/mol. The highest BCUT2D eigenvalue weighted by molar-refractivity contribution is 5.79. The number of alkyl halides is 6. The van der Waals surface area contributed by atoms with Gasteiger partial charge in [-0.1, -0.05) is 25.0 Å². The molecule has 4 atom stereocenters. The highest BCUT2D eigenvalue weighted by Crippen LogP contribution is 2.46. The van der Waals surface area contributed by atoms with Crippen LogP contribution < -0.4 is 0 Å². The van der Waals surface area contributed by atoms with Crippen molar-refractivity contribution in [1.82, 2.24) is 4.90 Å². The molecule has 0 amide bonds. The number of carboxylic acids is 1. The molecule has 0 aliphatic heterocycles. The summed E-state index contributed by atoms with van der Waals surface area (Å²) in [5.41, 5.74) is -3.36. The van der Waals surface area contributed by atoms with E-state index in [0.717, 1.165) is 12.8 Å². The molecular formula is C29H32F7NO3. The maximum Gasteiger partial charge on any atom is 0.416 e. The van der Waals surface area contributed by atoms with Crippen LogP contribution in [0.25, 0.3) is 0 Å². The molecule has 2 aromatic carbocycles. The van der Waals surface area contributed by atoms with E-state index in [0.29, 0.717) is 49.9 Å². The van der Waals surface area contributed by atoms with E-state index in [1.54, 1.807) is 19.2 Å². The van der Waals surface area contributed by atoms with Crippen LogP contribution in [0.2, 0.25) is 0 Å². The molecule has 11 heteroatoms. The summed E-state index contributed by atoms with van der Waals surface area (Å²) < 4.78 is 100. The number of carbonyl (C=O) groups is 1. The zero-order valence-corrected chi connectivity index (χ0v) is 22.2. The number of benzene rings is 2. The van der Waals surface area contributed by atoms with Gasteiger partial charge in [-0.25, -0.2) is 4.39 Å². The van der Waals surface area contributed by atoms with Gasteiger partial charge in [-0.05, 0) is 87.0 Å². The molecule has 0 saturated heterocycles. The maximum atomic E-state index is 13.7. The first kappa shape index (κ1) is 30.3. The van der Waals surface area contributed by atoms with Gasteiger partial charge in [-0.2, -0.15) is 26.3 Å². The fraction of sp³-hybridized carbons (Fsp3) is 0.552. The highest BCUT2D eigenvalue weighted by Gasteiger charge is 2.48. The Balaban J connectivity index is 1.62. The minimum absolute atomic E-state index is 0.0836. The van der Waals surface area contributed by atoms with Gasteiger partial charge in [-0.15, -0.1) is 0 Å². The molecular weight excluding hydrogens is 543 g/mol. The highest BCUT2D eigenvalue weighted by atomic mass is 19.4. The van der Waals surface area contributed by atoms with Gasteiger partial charge in [0.25, 0.3) is 0 Å². The predicted octanol–water partition coefficient (Wildman–Crippen LogP) is 7.83. The summed E-state index contributed by atoms with van der Waals surface area (Å²) in [6.07, 6.45) is -7.98. The molecule has 0 spiro atoms. The number of hydrogen-bond donors (Lipinski definition) is 1. The SMILES string of the molecule is C[C@@H](O[C@H]1CC[C@@H](CN(C)C2(C(=O)O)CCCC2)[C@@H]1c1ccc(F)cc1)c1cc(C(F)(F)F)cc(C(F)(F)F)c1. The van der Waals surface area contributed by atoms with Gasteiger partial charge in [0.15, 0.2) is 0 Å². The minimum atomic E-state index is -4.98. The van der Waals surface area contributed by atoms with Gasteiger partial charge in [0.1, 0.15) is 11.4 Å². The molecule has 1 N–H and O–H groups in total. The smallest absolute Gasteiger partial charge is 0.416 e. The molecule has 220 valence electrons. The van der Waals surface area contributed by atoms with Crippen LogP contribution in [0.3, 0.4) is 0 Å². The number of ether oxygens (including phenoxy) is 1. The average Bonchev–Trinajstić information content (AvgIpc) is 3.52. The molecule has 2 aliphatic carbocycles. The number of nitrogens with zero attached hydrogens (tertiary/aromatic N) is 1. The van der Waals surface area contributed by atoms with E-state index < -0.39 is 53.0 Å². The predicted molar refractivity (Wildman–Crippen MR) is 133 cm³/mol. The van der Waals surface area contributed by atoms with Crippen LogP contribution in [-0.4, -0.2) is 41.2 Å². The van der Waals surface area contributed by atoms with Crippen molar-refractivity contribution in [3.63, 3.8) is 0 Å². The van der Waals surface area contributed by atoms with Gasteiger partial charge in [0.05, 0.1) is 23.3 Å². The lowest BCUT2D eigenvalue weighted by atomic mass is 9.85. The van der Waals surface area contributed by atoms with Crippen molar-refractivity contribution in [3.8, 4) is 0 Å². The first-order valence-corrected chi connectivity index (χ1v) is 13.3. The van der Waals surface area contributed by atoms with Crippen molar-refractivity contribution in [1.29, 1.82) is 0 Å². The lowest BCUT2D eigenvalue weighted by Crippen LogP contribution is -2.52. The van der Waals surface area contributed by atoms with Crippen LogP contribution in [0, 0.1) is 11.7 Å². The molecule has 0 heterocycles. The van der Waals surface area contributed by atoms with Crippen LogP contribution in [0.4, 0.5) is 30.7 Å². The molecule has 2 aromatic rings. The summed E-state index contributed by atoms with van der Waals surface area (Å²) in [4.78, 5) is 14.1. The molecule has 2 saturated carbocycles. The zero-order chi connectivity index (χ0) is 29.5. The number of carboxylic acid groups (broad SMARTS) is 1. The number of aliphatic carboxylic acids is 1. The molecule has 4 rings (SSSR count). The van der Waals surface area contributed by atoms with Crippen molar-refractivity contribution in [2.24, 2.45) is 5.92 Å². The quantitative estimate of drug-likeness (QED) is 0.326.